The van der Waals surface area contributed by atoms with Crippen LogP contribution in [0.4, 0.5) is 5.69 Å². The van der Waals surface area contributed by atoms with Crippen molar-refractivity contribution in [2.75, 3.05) is 18.5 Å². The van der Waals surface area contributed by atoms with E-state index in [-0.39, 0.29) is 18.4 Å². The van der Waals surface area contributed by atoms with E-state index >= 15 is 0 Å². The first-order valence-electron chi connectivity index (χ1n) is 10.4. The number of hydrogen-bond donors (Lipinski definition) is 1. The van der Waals surface area contributed by atoms with Gasteiger partial charge >= 0.3 is 0 Å². The minimum absolute atomic E-state index is 0.0656. The van der Waals surface area contributed by atoms with Crippen LogP contribution in [0.25, 0.3) is 0 Å². The van der Waals surface area contributed by atoms with Gasteiger partial charge in [-0.05, 0) is 85.3 Å². The molecule has 0 radical (unpaired) electrons. The molecule has 0 saturated heterocycles. The Morgan fingerprint density at radius 3 is 2.71 bits per heavy atom. The Hall–Kier alpha value is -3.54. The minimum Gasteiger partial charge on any atom is -0.483 e. The highest BCUT2D eigenvalue weighted by molar-refractivity contribution is 5.93. The molecule has 2 heterocycles. The second kappa shape index (κ2) is 8.68. The first kappa shape index (κ1) is 20.7. The van der Waals surface area contributed by atoms with E-state index in [0.29, 0.717) is 24.5 Å². The Morgan fingerprint density at radius 2 is 1.94 bits per heavy atom. The van der Waals surface area contributed by atoms with Crippen LogP contribution in [0.5, 0.6) is 5.75 Å². The van der Waals surface area contributed by atoms with Gasteiger partial charge in [-0.1, -0.05) is 12.1 Å². The highest BCUT2D eigenvalue weighted by Gasteiger charge is 2.23. The number of carbonyl (C=O) groups excluding carboxylic acids is 2. The number of furan rings is 1. The average Bonchev–Trinajstić information content (AvgIpc) is 3.29. The van der Waals surface area contributed by atoms with Gasteiger partial charge in [0.2, 0.25) is 0 Å². The maximum Gasteiger partial charge on any atom is 0.289 e. The molecular weight excluding hydrogens is 392 g/mol. The second-order valence-corrected chi connectivity index (χ2v) is 7.98. The van der Waals surface area contributed by atoms with Gasteiger partial charge in [0.25, 0.3) is 11.8 Å². The van der Waals surface area contributed by atoms with Gasteiger partial charge in [-0.2, -0.15) is 0 Å². The summed E-state index contributed by atoms with van der Waals surface area (Å²) in [5.74, 6) is 0.719. The molecule has 6 heteroatoms. The third-order valence-electron chi connectivity index (χ3n) is 5.64. The van der Waals surface area contributed by atoms with E-state index < -0.39 is 0 Å². The normalized spacial score (nSPS) is 12.9. The van der Waals surface area contributed by atoms with Crippen LogP contribution in [0.15, 0.2) is 53.1 Å². The van der Waals surface area contributed by atoms with Crippen molar-refractivity contribution in [3.8, 4) is 5.75 Å². The molecule has 160 valence electrons. The van der Waals surface area contributed by atoms with E-state index in [9.17, 15) is 9.59 Å². The molecule has 0 bridgehead atoms. The molecule has 0 fully saturated rings. The summed E-state index contributed by atoms with van der Waals surface area (Å²) in [6, 6.07) is 13.2. The third kappa shape index (κ3) is 4.63. The average molecular weight is 418 g/mol. The minimum atomic E-state index is -0.224. The summed E-state index contributed by atoms with van der Waals surface area (Å²) in [7, 11) is 0. The molecule has 0 spiro atoms. The number of anilines is 1. The molecule has 3 aromatic rings. The smallest absolute Gasteiger partial charge is 0.289 e. The summed E-state index contributed by atoms with van der Waals surface area (Å²) >= 11 is 0. The summed E-state index contributed by atoms with van der Waals surface area (Å²) in [4.78, 5) is 26.8. The van der Waals surface area contributed by atoms with Gasteiger partial charge in [-0.25, -0.2) is 0 Å². The number of nitrogens with one attached hydrogen (secondary N) is 1. The van der Waals surface area contributed by atoms with Crippen LogP contribution in [-0.2, 0) is 17.8 Å². The van der Waals surface area contributed by atoms with Crippen molar-refractivity contribution in [1.82, 2.24) is 4.90 Å². The van der Waals surface area contributed by atoms with E-state index in [1.807, 2.05) is 45.0 Å². The van der Waals surface area contributed by atoms with Crippen LogP contribution >= 0.6 is 0 Å². The fraction of sp³-hybridized carbons (Fsp3) is 0.280. The van der Waals surface area contributed by atoms with Gasteiger partial charge in [0, 0.05) is 18.8 Å². The zero-order chi connectivity index (χ0) is 22.0. The Bertz CT molecular complexity index is 1120. The Labute approximate surface area is 181 Å². The van der Waals surface area contributed by atoms with Crippen molar-refractivity contribution in [3.05, 3.63) is 82.3 Å². The number of aryl methyl sites for hydroxylation is 2. The lowest BCUT2D eigenvalue weighted by Crippen LogP contribution is -2.35. The molecule has 2 aromatic carbocycles. The van der Waals surface area contributed by atoms with Crippen molar-refractivity contribution in [2.45, 2.75) is 33.7 Å². The molecular formula is C25H26N2O4. The molecule has 4 rings (SSSR count). The number of benzene rings is 2. The number of hydrogen-bond acceptors (Lipinski definition) is 4. The van der Waals surface area contributed by atoms with Crippen LogP contribution in [0.2, 0.25) is 0 Å². The quantitative estimate of drug-likeness (QED) is 0.666. The first-order chi connectivity index (χ1) is 14.9. The summed E-state index contributed by atoms with van der Waals surface area (Å²) in [5.41, 5.74) is 6.17. The molecule has 0 atom stereocenters. The van der Waals surface area contributed by atoms with Gasteiger partial charge in [-0.3, -0.25) is 9.59 Å². The van der Waals surface area contributed by atoms with Crippen molar-refractivity contribution in [2.24, 2.45) is 0 Å². The topological polar surface area (TPSA) is 71.8 Å². The molecule has 0 unspecified atom stereocenters. The van der Waals surface area contributed by atoms with Gasteiger partial charge in [0.05, 0.1) is 6.26 Å². The molecule has 0 saturated carbocycles. The lowest BCUT2D eigenvalue weighted by atomic mass is 9.99. The fourth-order valence-electron chi connectivity index (χ4n) is 3.86. The Balaban J connectivity index is 1.40. The van der Waals surface area contributed by atoms with Gasteiger partial charge in [-0.15, -0.1) is 0 Å². The third-order valence-corrected chi connectivity index (χ3v) is 5.64. The van der Waals surface area contributed by atoms with Crippen LogP contribution in [0, 0.1) is 20.8 Å². The zero-order valence-corrected chi connectivity index (χ0v) is 18.0. The molecule has 31 heavy (non-hydrogen) atoms. The summed E-state index contributed by atoms with van der Waals surface area (Å²) < 4.78 is 11.0. The van der Waals surface area contributed by atoms with E-state index in [0.717, 1.165) is 34.4 Å². The van der Waals surface area contributed by atoms with Gasteiger partial charge in [0.1, 0.15) is 5.75 Å². The fourth-order valence-corrected chi connectivity index (χ4v) is 3.86. The highest BCUT2D eigenvalue weighted by Crippen LogP contribution is 2.25. The SMILES string of the molecule is Cc1cc(C)c(C)c(OCC(=O)Nc2ccc3c(c2)CN(C(=O)c2ccco2)CC3)c1. The van der Waals surface area contributed by atoms with Crippen LogP contribution in [-0.4, -0.2) is 29.9 Å². The van der Waals surface area contributed by atoms with Crippen molar-refractivity contribution < 1.29 is 18.7 Å². The lowest BCUT2D eigenvalue weighted by Gasteiger charge is -2.28. The molecule has 2 amide bonds. The van der Waals surface area contributed by atoms with E-state index in [2.05, 4.69) is 11.4 Å². The van der Waals surface area contributed by atoms with Crippen LogP contribution < -0.4 is 10.1 Å². The number of amides is 2. The number of rotatable bonds is 5. The van der Waals surface area contributed by atoms with Crippen LogP contribution in [0.3, 0.4) is 0 Å². The standard InChI is InChI=1S/C25H26N2O4/c1-16-11-17(2)18(3)23(12-16)31-15-24(28)26-21-7-6-19-8-9-27(14-20(19)13-21)25(29)22-5-4-10-30-22/h4-7,10-13H,8-9,14-15H2,1-3H3,(H,26,28). The van der Waals surface area contributed by atoms with E-state index in [1.165, 1.54) is 11.8 Å². The number of carbonyl (C=O) groups is 2. The Morgan fingerprint density at radius 1 is 1.10 bits per heavy atom. The molecule has 1 aliphatic rings. The van der Waals surface area contributed by atoms with E-state index in [1.54, 1.807) is 17.0 Å². The van der Waals surface area contributed by atoms with E-state index in [4.69, 9.17) is 9.15 Å². The summed E-state index contributed by atoms with van der Waals surface area (Å²) in [6.45, 7) is 7.08. The molecule has 1 aliphatic heterocycles. The number of nitrogens with zero attached hydrogens (tertiary/aromatic N) is 1. The lowest BCUT2D eigenvalue weighted by molar-refractivity contribution is -0.118. The van der Waals surface area contributed by atoms with Crippen molar-refractivity contribution in [3.63, 3.8) is 0 Å². The summed E-state index contributed by atoms with van der Waals surface area (Å²) in [6.07, 6.45) is 2.27. The Kier molecular flexibility index (Phi) is 5.80. The maximum absolute atomic E-state index is 12.6. The monoisotopic (exact) mass is 418 g/mol. The van der Waals surface area contributed by atoms with Crippen LogP contribution in [0.1, 0.15) is 38.4 Å². The zero-order valence-electron chi connectivity index (χ0n) is 18.0. The predicted octanol–water partition coefficient (Wildman–Crippen LogP) is 4.42. The maximum atomic E-state index is 12.6. The number of fused-ring (bicyclic) bond motifs is 1. The van der Waals surface area contributed by atoms with Crippen molar-refractivity contribution in [1.29, 1.82) is 0 Å². The van der Waals surface area contributed by atoms with Gasteiger partial charge < -0.3 is 19.4 Å². The largest absolute Gasteiger partial charge is 0.483 e. The van der Waals surface area contributed by atoms with Gasteiger partial charge in [0.15, 0.2) is 12.4 Å². The molecule has 1 aromatic heterocycles. The molecule has 0 aliphatic carbocycles. The van der Waals surface area contributed by atoms with Crippen molar-refractivity contribution >= 4 is 17.5 Å². The highest BCUT2D eigenvalue weighted by atomic mass is 16.5. The molecule has 6 nitrogen and oxygen atoms in total. The molecule has 1 N–H and O–H groups in total. The second-order valence-electron chi connectivity index (χ2n) is 7.98. The summed E-state index contributed by atoms with van der Waals surface area (Å²) in [5, 5.41) is 2.90. The predicted molar refractivity (Wildman–Crippen MR) is 118 cm³/mol. The first-order valence-corrected chi connectivity index (χ1v) is 10.4. The number of ether oxygens (including phenoxy) is 1.